The van der Waals surface area contributed by atoms with Gasteiger partial charge in [-0.1, -0.05) is 49.6 Å². The van der Waals surface area contributed by atoms with Crippen molar-refractivity contribution in [2.24, 2.45) is 4.99 Å². The van der Waals surface area contributed by atoms with Crippen LogP contribution in [0.2, 0.25) is 0 Å². The molecule has 1 aliphatic heterocycles. The molecular weight excluding hydrogens is 344 g/mol. The molecule has 0 amide bonds. The Morgan fingerprint density at radius 2 is 1.88 bits per heavy atom. The number of aromatic amines is 1. The summed E-state index contributed by atoms with van der Waals surface area (Å²) in [4.78, 5) is 17.6. The zero-order chi connectivity index (χ0) is 18.1. The summed E-state index contributed by atoms with van der Waals surface area (Å²) in [5.41, 5.74) is 2.37. The minimum Gasteiger partial charge on any atom is -0.268 e. The Bertz CT molecular complexity index is 924. The number of rotatable bonds is 2. The molecule has 1 N–H and O–H groups in total. The van der Waals surface area contributed by atoms with E-state index in [1.165, 1.54) is 25.7 Å². The molecule has 2 aliphatic rings. The number of nitrogens with one attached hydrogen (secondary N) is 1. The van der Waals surface area contributed by atoms with Gasteiger partial charge < -0.3 is 0 Å². The number of hydrogen-bond donors (Lipinski definition) is 1. The molecule has 0 bridgehead atoms. The fourth-order valence-corrected chi connectivity index (χ4v) is 5.06. The van der Waals surface area contributed by atoms with Crippen LogP contribution in [0.25, 0.3) is 0 Å². The van der Waals surface area contributed by atoms with Gasteiger partial charge in [-0.15, -0.1) is 0 Å². The topological polar surface area (TPSA) is 73.9 Å². The molecule has 1 atom stereocenters. The van der Waals surface area contributed by atoms with Crippen molar-refractivity contribution in [3.63, 3.8) is 0 Å². The van der Waals surface area contributed by atoms with Crippen LogP contribution in [0.15, 0.2) is 34.1 Å². The molecule has 0 saturated heterocycles. The average Bonchev–Trinajstić information content (AvgIpc) is 2.84. The number of thioether (sulfide) groups is 1. The van der Waals surface area contributed by atoms with Crippen molar-refractivity contribution in [1.29, 1.82) is 5.26 Å². The van der Waals surface area contributed by atoms with Crippen molar-refractivity contribution in [1.82, 2.24) is 9.78 Å². The van der Waals surface area contributed by atoms with Crippen molar-refractivity contribution >= 4 is 22.6 Å². The smallest absolute Gasteiger partial charge is 0.268 e. The Hall–Kier alpha value is -2.26. The molecule has 5 nitrogen and oxygen atoms in total. The summed E-state index contributed by atoms with van der Waals surface area (Å²) in [5, 5.41) is 13.0. The molecule has 6 heteroatoms. The zero-order valence-corrected chi connectivity index (χ0v) is 15.7. The Labute approximate surface area is 157 Å². The van der Waals surface area contributed by atoms with E-state index in [1.807, 2.05) is 35.9 Å². The maximum atomic E-state index is 12.8. The average molecular weight is 366 g/mol. The van der Waals surface area contributed by atoms with Gasteiger partial charge >= 0.3 is 0 Å². The quantitative estimate of drug-likeness (QED) is 0.774. The summed E-state index contributed by atoms with van der Waals surface area (Å²) in [6.07, 6.45) is 7.15. The molecule has 1 fully saturated rings. The highest BCUT2D eigenvalue weighted by atomic mass is 32.2. The van der Waals surface area contributed by atoms with E-state index in [9.17, 15) is 4.79 Å². The molecule has 134 valence electrons. The van der Waals surface area contributed by atoms with Crippen LogP contribution in [-0.2, 0) is 0 Å². The van der Waals surface area contributed by atoms with Gasteiger partial charge in [-0.05, 0) is 37.5 Å². The van der Waals surface area contributed by atoms with E-state index in [0.29, 0.717) is 11.6 Å². The lowest BCUT2D eigenvalue weighted by molar-refractivity contribution is 0.407. The minimum atomic E-state index is -0.0778. The molecular formula is C20H22N4OS. The van der Waals surface area contributed by atoms with Crippen molar-refractivity contribution in [3.05, 3.63) is 51.3 Å². The minimum absolute atomic E-state index is 0.0395. The van der Waals surface area contributed by atoms with Crippen molar-refractivity contribution in [3.8, 4) is 6.07 Å². The number of hydrogen-bond acceptors (Lipinski definition) is 4. The van der Waals surface area contributed by atoms with Gasteiger partial charge in [0.1, 0.15) is 0 Å². The highest BCUT2D eigenvalue weighted by Gasteiger charge is 2.32. The van der Waals surface area contributed by atoms with Crippen LogP contribution in [0.5, 0.6) is 0 Å². The second kappa shape index (κ2) is 7.16. The molecule has 1 saturated carbocycles. The van der Waals surface area contributed by atoms with Crippen LogP contribution < -0.4 is 5.56 Å². The molecule has 0 radical (unpaired) electrons. The standard InChI is InChI=1S/C20H22N4OS/c1-13-22-19-17(18(26-13)15-10-8-14(12-21)9-11-15)20(25)23-24(19)16-6-4-2-3-5-7-16/h8-11,16,18H,2-7H2,1H3,(H,23,25)/t18-/m1/s1. The molecule has 1 aliphatic carbocycles. The van der Waals surface area contributed by atoms with Gasteiger partial charge in [0.25, 0.3) is 5.56 Å². The van der Waals surface area contributed by atoms with E-state index in [1.54, 1.807) is 11.8 Å². The summed E-state index contributed by atoms with van der Waals surface area (Å²) in [6, 6.07) is 9.99. The second-order valence-electron chi connectivity index (χ2n) is 7.06. The third kappa shape index (κ3) is 3.12. The fraction of sp³-hybridized carbons (Fsp3) is 0.450. The summed E-state index contributed by atoms with van der Waals surface area (Å²) in [7, 11) is 0. The largest absolute Gasteiger partial charge is 0.271 e. The maximum Gasteiger partial charge on any atom is 0.271 e. The maximum absolute atomic E-state index is 12.8. The number of H-pyrrole nitrogens is 1. The SMILES string of the molecule is CC1=Nc2c(c(=O)[nH]n2C2CCCCCC2)[C@@H](c2ccc(C#N)cc2)S1. The van der Waals surface area contributed by atoms with Crippen LogP contribution >= 0.6 is 11.8 Å². The van der Waals surface area contributed by atoms with Crippen molar-refractivity contribution in [2.75, 3.05) is 0 Å². The number of aliphatic imine (C=N–C) groups is 1. The van der Waals surface area contributed by atoms with Gasteiger partial charge in [-0.2, -0.15) is 5.26 Å². The summed E-state index contributed by atoms with van der Waals surface area (Å²) < 4.78 is 2.03. The first-order valence-corrected chi connectivity index (χ1v) is 10.1. The first-order chi connectivity index (χ1) is 12.7. The highest BCUT2D eigenvalue weighted by molar-refractivity contribution is 8.14. The number of aromatic nitrogens is 2. The van der Waals surface area contributed by atoms with Gasteiger partial charge in [0.05, 0.1) is 33.5 Å². The lowest BCUT2D eigenvalue weighted by atomic mass is 10.0. The number of fused-ring (bicyclic) bond motifs is 1. The van der Waals surface area contributed by atoms with E-state index in [0.717, 1.165) is 34.8 Å². The second-order valence-corrected chi connectivity index (χ2v) is 8.35. The Kier molecular flexibility index (Phi) is 4.73. The predicted molar refractivity (Wildman–Crippen MR) is 105 cm³/mol. The van der Waals surface area contributed by atoms with Crippen LogP contribution in [0, 0.1) is 11.3 Å². The normalized spacial score (nSPS) is 20.8. The number of nitriles is 1. The number of benzene rings is 1. The fourth-order valence-electron chi connectivity index (χ4n) is 3.96. The first kappa shape index (κ1) is 17.2. The summed E-state index contributed by atoms with van der Waals surface area (Å²) >= 11 is 1.61. The van der Waals surface area contributed by atoms with Gasteiger partial charge in [0.15, 0.2) is 5.82 Å². The lowest BCUT2D eigenvalue weighted by Gasteiger charge is -2.23. The molecule has 0 spiro atoms. The van der Waals surface area contributed by atoms with Gasteiger partial charge in [0, 0.05) is 0 Å². The van der Waals surface area contributed by atoms with E-state index in [2.05, 4.69) is 11.2 Å². The van der Waals surface area contributed by atoms with E-state index in [4.69, 9.17) is 10.3 Å². The molecule has 4 rings (SSSR count). The Morgan fingerprint density at radius 3 is 2.54 bits per heavy atom. The molecule has 1 aromatic heterocycles. The monoisotopic (exact) mass is 366 g/mol. The van der Waals surface area contributed by atoms with Gasteiger partial charge in [-0.3, -0.25) is 14.6 Å². The van der Waals surface area contributed by atoms with E-state index in [-0.39, 0.29) is 10.8 Å². The predicted octanol–water partition coefficient (Wildman–Crippen LogP) is 4.83. The molecule has 26 heavy (non-hydrogen) atoms. The van der Waals surface area contributed by atoms with Crippen LogP contribution in [0.3, 0.4) is 0 Å². The Morgan fingerprint density at radius 1 is 1.19 bits per heavy atom. The van der Waals surface area contributed by atoms with E-state index < -0.39 is 0 Å². The van der Waals surface area contributed by atoms with Gasteiger partial charge in [0.2, 0.25) is 0 Å². The third-order valence-electron chi connectivity index (χ3n) is 5.28. The van der Waals surface area contributed by atoms with Crippen LogP contribution in [0.1, 0.15) is 73.4 Å². The Balaban J connectivity index is 1.77. The molecule has 0 unspecified atom stereocenters. The summed E-state index contributed by atoms with van der Waals surface area (Å²) in [5.74, 6) is 0.799. The lowest BCUT2D eigenvalue weighted by Crippen LogP contribution is -2.13. The van der Waals surface area contributed by atoms with Crippen molar-refractivity contribution < 1.29 is 0 Å². The highest BCUT2D eigenvalue weighted by Crippen LogP contribution is 2.45. The van der Waals surface area contributed by atoms with Crippen molar-refractivity contribution in [2.45, 2.75) is 56.7 Å². The van der Waals surface area contributed by atoms with Crippen LogP contribution in [0.4, 0.5) is 5.82 Å². The molecule has 2 heterocycles. The summed E-state index contributed by atoms with van der Waals surface area (Å²) in [6.45, 7) is 2.00. The van der Waals surface area contributed by atoms with Crippen LogP contribution in [-0.4, -0.2) is 14.8 Å². The molecule has 1 aromatic carbocycles. The first-order valence-electron chi connectivity index (χ1n) is 9.24. The van der Waals surface area contributed by atoms with Gasteiger partial charge in [-0.25, -0.2) is 4.99 Å². The third-order valence-corrected chi connectivity index (χ3v) is 6.46. The molecule has 2 aromatic rings. The van der Waals surface area contributed by atoms with E-state index >= 15 is 0 Å². The zero-order valence-electron chi connectivity index (χ0n) is 14.9. The number of nitrogens with zero attached hydrogens (tertiary/aromatic N) is 3.